The molecular weight excluding hydrogens is 96.0 g/mol. The van der Waals surface area contributed by atoms with Gasteiger partial charge in [-0.1, -0.05) is 0 Å². The Morgan fingerprint density at radius 2 is 2.00 bits per heavy atom. The van der Waals surface area contributed by atoms with Gasteiger partial charge >= 0.3 is 0 Å². The molecule has 2 atom stereocenters. The number of carbonyl (C=O) groups is 1. The first-order valence-corrected chi connectivity index (χ1v) is 1.83. The van der Waals surface area contributed by atoms with Crippen LogP contribution in [0.15, 0.2) is 0 Å². The van der Waals surface area contributed by atoms with Crippen molar-refractivity contribution >= 4 is 6.29 Å². The van der Waals surface area contributed by atoms with Crippen molar-refractivity contribution in [3.05, 3.63) is 6.92 Å². The highest BCUT2D eigenvalue weighted by Gasteiger charge is 2.13. The van der Waals surface area contributed by atoms with Crippen molar-refractivity contribution in [2.75, 3.05) is 0 Å². The summed E-state index contributed by atoms with van der Waals surface area (Å²) in [5.74, 6) is 0. The number of rotatable bonds is 2. The zero-order chi connectivity index (χ0) is 5.86. The Kier molecular flexibility index (Phi) is 2.40. The van der Waals surface area contributed by atoms with Crippen LogP contribution < -0.4 is 0 Å². The van der Waals surface area contributed by atoms with Gasteiger partial charge in [0, 0.05) is 0 Å². The lowest BCUT2D eigenvalue weighted by atomic mass is 10.3. The summed E-state index contributed by atoms with van der Waals surface area (Å²) in [5, 5.41) is 16.5. The van der Waals surface area contributed by atoms with E-state index in [-0.39, 0.29) is 6.29 Å². The van der Waals surface area contributed by atoms with Gasteiger partial charge in [-0.2, -0.15) is 0 Å². The van der Waals surface area contributed by atoms with Crippen molar-refractivity contribution in [2.24, 2.45) is 0 Å². The van der Waals surface area contributed by atoms with Gasteiger partial charge in [-0.3, -0.25) is 0 Å². The third kappa shape index (κ3) is 2.19. The van der Waals surface area contributed by atoms with Crippen LogP contribution in [0.2, 0.25) is 0 Å². The quantitative estimate of drug-likeness (QED) is 0.339. The highest BCUT2D eigenvalue weighted by Crippen LogP contribution is 1.83. The van der Waals surface area contributed by atoms with Gasteiger partial charge < -0.3 is 15.0 Å². The van der Waals surface area contributed by atoms with E-state index in [2.05, 4.69) is 6.92 Å². The Labute approximate surface area is 41.6 Å². The number of aliphatic hydroxyl groups is 2. The molecule has 0 fully saturated rings. The van der Waals surface area contributed by atoms with Crippen molar-refractivity contribution in [3.8, 4) is 0 Å². The predicted molar refractivity (Wildman–Crippen MR) is 23.4 cm³/mol. The van der Waals surface area contributed by atoms with E-state index in [0.717, 1.165) is 0 Å². The van der Waals surface area contributed by atoms with Crippen molar-refractivity contribution in [2.45, 2.75) is 12.2 Å². The van der Waals surface area contributed by atoms with Crippen LogP contribution in [-0.4, -0.2) is 28.7 Å². The maximum atomic E-state index is 9.50. The summed E-state index contributed by atoms with van der Waals surface area (Å²) in [4.78, 5) is 9.50. The molecule has 7 heavy (non-hydrogen) atoms. The molecule has 0 saturated heterocycles. The molecule has 0 amide bonds. The minimum absolute atomic E-state index is 0.234. The number of carbonyl (C=O) groups excluding carboxylic acids is 1. The fourth-order valence-electron chi connectivity index (χ4n) is 0.0907. The number of aliphatic hydroxyl groups excluding tert-OH is 2. The Balaban J connectivity index is 3.33. The topological polar surface area (TPSA) is 57.5 Å². The Bertz CT molecular complexity index is 60.0. The average molecular weight is 103 g/mol. The van der Waals surface area contributed by atoms with Crippen molar-refractivity contribution in [3.63, 3.8) is 0 Å². The minimum atomic E-state index is -1.33. The highest BCUT2D eigenvalue weighted by molar-refractivity contribution is 5.56. The molecule has 3 nitrogen and oxygen atoms in total. The minimum Gasteiger partial charge on any atom is -0.379 e. The number of hydrogen-bond acceptors (Lipinski definition) is 3. The first kappa shape index (κ1) is 6.46. The summed E-state index contributed by atoms with van der Waals surface area (Å²) in [6.45, 7) is 2.98. The second-order valence-corrected chi connectivity index (χ2v) is 1.19. The lowest BCUT2D eigenvalue weighted by Crippen LogP contribution is -2.23. The van der Waals surface area contributed by atoms with E-state index < -0.39 is 12.2 Å². The van der Waals surface area contributed by atoms with Crippen LogP contribution in [0.3, 0.4) is 0 Å². The maximum absolute atomic E-state index is 9.50. The fourth-order valence-corrected chi connectivity index (χ4v) is 0.0907. The molecule has 40 valence electrons. The Morgan fingerprint density at radius 1 is 1.57 bits per heavy atom. The maximum Gasteiger partial charge on any atom is 0.225 e. The molecular formula is C4H7O3+. The van der Waals surface area contributed by atoms with E-state index in [1.165, 1.54) is 0 Å². The molecule has 0 aromatic carbocycles. The monoisotopic (exact) mass is 103 g/mol. The zero-order valence-corrected chi connectivity index (χ0v) is 3.74. The summed E-state index contributed by atoms with van der Waals surface area (Å²) in [6.07, 6.45) is -2.30. The van der Waals surface area contributed by atoms with E-state index in [1.807, 2.05) is 0 Å². The zero-order valence-electron chi connectivity index (χ0n) is 3.74. The normalized spacial score (nSPS) is 18.0. The highest BCUT2D eigenvalue weighted by atomic mass is 16.3. The molecule has 0 heterocycles. The van der Waals surface area contributed by atoms with Crippen LogP contribution in [0, 0.1) is 6.92 Å². The summed E-state index contributed by atoms with van der Waals surface area (Å²) < 4.78 is 0. The Hall–Kier alpha value is -0.540. The summed E-state index contributed by atoms with van der Waals surface area (Å²) in [6, 6.07) is 0. The first-order chi connectivity index (χ1) is 3.18. The van der Waals surface area contributed by atoms with Crippen molar-refractivity contribution < 1.29 is 15.0 Å². The van der Waals surface area contributed by atoms with Crippen LogP contribution >= 0.6 is 0 Å². The van der Waals surface area contributed by atoms with Gasteiger partial charge in [-0.25, -0.2) is 0 Å². The molecule has 0 aromatic rings. The lowest BCUT2D eigenvalue weighted by molar-refractivity contribution is -0.118. The predicted octanol–water partition coefficient (Wildman–Crippen LogP) is -1.26. The summed E-state index contributed by atoms with van der Waals surface area (Å²) >= 11 is 0. The Morgan fingerprint density at radius 3 is 2.00 bits per heavy atom. The third-order valence-corrected chi connectivity index (χ3v) is 0.534. The van der Waals surface area contributed by atoms with Crippen LogP contribution in [0.1, 0.15) is 0 Å². The van der Waals surface area contributed by atoms with E-state index in [4.69, 9.17) is 10.2 Å². The summed E-state index contributed by atoms with van der Waals surface area (Å²) in [5.41, 5.74) is 0. The molecule has 0 aliphatic rings. The molecule has 0 unspecified atom stereocenters. The number of hydrogen-bond donors (Lipinski definition) is 2. The van der Waals surface area contributed by atoms with Gasteiger partial charge in [-0.15, -0.1) is 0 Å². The third-order valence-electron chi connectivity index (χ3n) is 0.534. The van der Waals surface area contributed by atoms with Crippen LogP contribution in [0.5, 0.6) is 0 Å². The van der Waals surface area contributed by atoms with Gasteiger partial charge in [0.1, 0.15) is 0 Å². The molecule has 0 aliphatic carbocycles. The first-order valence-electron chi connectivity index (χ1n) is 1.83. The summed E-state index contributed by atoms with van der Waals surface area (Å²) in [7, 11) is 0. The average Bonchev–Trinajstić information content (AvgIpc) is 1.65. The van der Waals surface area contributed by atoms with Gasteiger partial charge in [0.05, 0.1) is 6.92 Å². The molecule has 0 aliphatic heterocycles. The van der Waals surface area contributed by atoms with Gasteiger partial charge in [0.2, 0.25) is 6.10 Å². The van der Waals surface area contributed by atoms with Gasteiger partial charge in [-0.05, 0) is 0 Å². The standard InChI is InChI=1S/C4H7O3/c1-3(6)4(7)2-5/h2-4,6-7H,1H2/q+1/t3-,4+/m0/s1. The molecule has 2 N–H and O–H groups in total. The van der Waals surface area contributed by atoms with E-state index in [1.54, 1.807) is 0 Å². The van der Waals surface area contributed by atoms with Crippen LogP contribution in [0.25, 0.3) is 0 Å². The number of aldehydes is 1. The molecule has 0 rings (SSSR count). The smallest absolute Gasteiger partial charge is 0.225 e. The van der Waals surface area contributed by atoms with Gasteiger partial charge in [0.15, 0.2) is 12.4 Å². The molecule has 0 saturated carbocycles. The second kappa shape index (κ2) is 2.60. The fraction of sp³-hybridized carbons (Fsp3) is 0.500. The molecule has 0 bridgehead atoms. The SMILES string of the molecule is [CH2+][C@H](O)[C@H](O)C=O. The van der Waals surface area contributed by atoms with E-state index in [0.29, 0.717) is 0 Å². The molecule has 3 heteroatoms. The van der Waals surface area contributed by atoms with Crippen LogP contribution in [0.4, 0.5) is 0 Å². The second-order valence-electron chi connectivity index (χ2n) is 1.19. The molecule has 0 spiro atoms. The lowest BCUT2D eigenvalue weighted by Gasteiger charge is -1.95. The molecule has 0 radical (unpaired) electrons. The van der Waals surface area contributed by atoms with E-state index >= 15 is 0 Å². The molecule has 0 aromatic heterocycles. The van der Waals surface area contributed by atoms with Gasteiger partial charge in [0.25, 0.3) is 0 Å². The van der Waals surface area contributed by atoms with E-state index in [9.17, 15) is 4.79 Å². The van der Waals surface area contributed by atoms with Crippen LogP contribution in [-0.2, 0) is 4.79 Å². The van der Waals surface area contributed by atoms with Crippen molar-refractivity contribution in [1.82, 2.24) is 0 Å². The largest absolute Gasteiger partial charge is 0.379 e. The van der Waals surface area contributed by atoms with Crippen molar-refractivity contribution in [1.29, 1.82) is 0 Å².